The fourth-order valence-electron chi connectivity index (χ4n) is 1.49. The molecule has 1 atom stereocenters. The predicted molar refractivity (Wildman–Crippen MR) is 63.2 cm³/mol. The van der Waals surface area contributed by atoms with Crippen LogP contribution in [0, 0.1) is 0 Å². The van der Waals surface area contributed by atoms with Gasteiger partial charge in [-0.1, -0.05) is 28.1 Å². The normalized spacial score (nSPS) is 20.9. The minimum Gasteiger partial charge on any atom is -0.354 e. The summed E-state index contributed by atoms with van der Waals surface area (Å²) in [6.45, 7) is 0.735. The standard InChI is InChI=1S/C11H11BrN2O/c12-9-3-1-2-8(6-9)7-14-10-4-5-13-11(10)15/h1-3,6-7,10H,4-5H2,(H,13,15). The second kappa shape index (κ2) is 4.57. The number of carbonyl (C=O) groups excluding carboxylic acids is 1. The maximum absolute atomic E-state index is 11.2. The second-order valence-electron chi connectivity index (χ2n) is 3.43. The summed E-state index contributed by atoms with van der Waals surface area (Å²) in [6.07, 6.45) is 2.55. The van der Waals surface area contributed by atoms with E-state index in [-0.39, 0.29) is 11.9 Å². The molecule has 0 aliphatic carbocycles. The molecule has 0 spiro atoms. The third-order valence-electron chi connectivity index (χ3n) is 2.27. The molecule has 1 amide bonds. The number of aliphatic imine (C=N–C) groups is 1. The average Bonchev–Trinajstić information content (AvgIpc) is 2.61. The molecule has 0 aromatic heterocycles. The van der Waals surface area contributed by atoms with Crippen molar-refractivity contribution in [1.82, 2.24) is 5.32 Å². The molecular formula is C11H11BrN2O. The topological polar surface area (TPSA) is 41.5 Å². The van der Waals surface area contributed by atoms with Crippen molar-refractivity contribution in [1.29, 1.82) is 0 Å². The quantitative estimate of drug-likeness (QED) is 0.815. The lowest BCUT2D eigenvalue weighted by atomic mass is 10.2. The Morgan fingerprint density at radius 2 is 2.40 bits per heavy atom. The Balaban J connectivity index is 2.08. The number of rotatable bonds is 2. The summed E-state index contributed by atoms with van der Waals surface area (Å²) in [7, 11) is 0. The van der Waals surface area contributed by atoms with Crippen LogP contribution in [0.1, 0.15) is 12.0 Å². The van der Waals surface area contributed by atoms with E-state index in [4.69, 9.17) is 0 Å². The van der Waals surface area contributed by atoms with E-state index in [1.54, 1.807) is 6.21 Å². The number of nitrogens with zero attached hydrogens (tertiary/aromatic N) is 1. The lowest BCUT2D eigenvalue weighted by Gasteiger charge is -1.98. The summed E-state index contributed by atoms with van der Waals surface area (Å²) in [4.78, 5) is 15.5. The van der Waals surface area contributed by atoms with E-state index in [9.17, 15) is 4.79 Å². The third kappa shape index (κ3) is 2.65. The molecule has 0 bridgehead atoms. The van der Waals surface area contributed by atoms with Gasteiger partial charge in [0, 0.05) is 17.2 Å². The highest BCUT2D eigenvalue weighted by molar-refractivity contribution is 9.10. The third-order valence-corrected chi connectivity index (χ3v) is 2.77. The lowest BCUT2D eigenvalue weighted by Crippen LogP contribution is -2.21. The molecule has 78 valence electrons. The van der Waals surface area contributed by atoms with Crippen molar-refractivity contribution in [2.24, 2.45) is 4.99 Å². The Morgan fingerprint density at radius 1 is 1.53 bits per heavy atom. The van der Waals surface area contributed by atoms with Gasteiger partial charge in [-0.25, -0.2) is 0 Å². The first-order valence-electron chi connectivity index (χ1n) is 4.82. The zero-order valence-corrected chi connectivity index (χ0v) is 9.70. The van der Waals surface area contributed by atoms with Gasteiger partial charge in [0.15, 0.2) is 0 Å². The van der Waals surface area contributed by atoms with Gasteiger partial charge in [-0.05, 0) is 24.1 Å². The number of amides is 1. The van der Waals surface area contributed by atoms with E-state index in [1.165, 1.54) is 0 Å². The van der Waals surface area contributed by atoms with E-state index in [0.29, 0.717) is 0 Å². The Morgan fingerprint density at radius 3 is 3.07 bits per heavy atom. The summed E-state index contributed by atoms with van der Waals surface area (Å²) in [5, 5.41) is 2.76. The van der Waals surface area contributed by atoms with Gasteiger partial charge in [-0.3, -0.25) is 9.79 Å². The molecular weight excluding hydrogens is 256 g/mol. The molecule has 15 heavy (non-hydrogen) atoms. The Hall–Kier alpha value is -1.16. The van der Waals surface area contributed by atoms with E-state index in [2.05, 4.69) is 26.2 Å². The largest absolute Gasteiger partial charge is 0.354 e. The molecule has 3 nitrogen and oxygen atoms in total. The molecule has 1 aromatic carbocycles. The average molecular weight is 267 g/mol. The van der Waals surface area contributed by atoms with Crippen molar-refractivity contribution in [2.75, 3.05) is 6.54 Å². The Kier molecular flexibility index (Phi) is 3.16. The molecule has 1 aliphatic rings. The number of hydrogen-bond donors (Lipinski definition) is 1. The van der Waals surface area contributed by atoms with Crippen LogP contribution in [0.15, 0.2) is 33.7 Å². The van der Waals surface area contributed by atoms with Crippen molar-refractivity contribution in [3.05, 3.63) is 34.3 Å². The fourth-order valence-corrected chi connectivity index (χ4v) is 1.90. The first kappa shape index (κ1) is 10.4. The summed E-state index contributed by atoms with van der Waals surface area (Å²) >= 11 is 3.39. The molecule has 1 unspecified atom stereocenters. The van der Waals surface area contributed by atoms with Crippen molar-refractivity contribution >= 4 is 28.1 Å². The maximum atomic E-state index is 11.2. The van der Waals surface area contributed by atoms with Crippen LogP contribution in [-0.4, -0.2) is 24.7 Å². The van der Waals surface area contributed by atoms with Gasteiger partial charge in [-0.15, -0.1) is 0 Å². The van der Waals surface area contributed by atoms with E-state index in [1.807, 2.05) is 24.3 Å². The molecule has 0 radical (unpaired) electrons. The zero-order valence-electron chi connectivity index (χ0n) is 8.11. The van der Waals surface area contributed by atoms with Crippen LogP contribution in [-0.2, 0) is 4.79 Å². The van der Waals surface area contributed by atoms with Crippen LogP contribution in [0.2, 0.25) is 0 Å². The monoisotopic (exact) mass is 266 g/mol. The molecule has 1 fully saturated rings. The summed E-state index contributed by atoms with van der Waals surface area (Å²) in [5.41, 5.74) is 1.00. The summed E-state index contributed by atoms with van der Waals surface area (Å²) < 4.78 is 1.02. The minimum atomic E-state index is -0.205. The number of benzene rings is 1. The number of nitrogens with one attached hydrogen (secondary N) is 1. The maximum Gasteiger partial charge on any atom is 0.244 e. The lowest BCUT2D eigenvalue weighted by molar-refractivity contribution is -0.120. The molecule has 4 heteroatoms. The van der Waals surface area contributed by atoms with Crippen molar-refractivity contribution in [3.8, 4) is 0 Å². The van der Waals surface area contributed by atoms with Crippen LogP contribution in [0.5, 0.6) is 0 Å². The summed E-state index contributed by atoms with van der Waals surface area (Å²) in [5.74, 6) is 0.0289. The molecule has 2 rings (SSSR count). The number of carbonyl (C=O) groups is 1. The van der Waals surface area contributed by atoms with Gasteiger partial charge < -0.3 is 5.32 Å². The van der Waals surface area contributed by atoms with Crippen LogP contribution >= 0.6 is 15.9 Å². The van der Waals surface area contributed by atoms with Crippen LogP contribution in [0.3, 0.4) is 0 Å². The predicted octanol–water partition coefficient (Wildman–Crippen LogP) is 1.76. The van der Waals surface area contributed by atoms with Crippen molar-refractivity contribution < 1.29 is 4.79 Å². The van der Waals surface area contributed by atoms with E-state index in [0.717, 1.165) is 23.0 Å². The first-order valence-corrected chi connectivity index (χ1v) is 5.61. The Bertz CT molecular complexity index is 403. The zero-order chi connectivity index (χ0) is 10.7. The van der Waals surface area contributed by atoms with Gasteiger partial charge in [0.1, 0.15) is 6.04 Å². The number of hydrogen-bond acceptors (Lipinski definition) is 2. The van der Waals surface area contributed by atoms with Crippen LogP contribution < -0.4 is 5.32 Å². The van der Waals surface area contributed by atoms with Crippen LogP contribution in [0.25, 0.3) is 0 Å². The Labute approximate surface area is 96.7 Å². The highest BCUT2D eigenvalue weighted by atomic mass is 79.9. The summed E-state index contributed by atoms with van der Waals surface area (Å²) in [6, 6.07) is 7.63. The van der Waals surface area contributed by atoms with Gasteiger partial charge in [-0.2, -0.15) is 0 Å². The fraction of sp³-hybridized carbons (Fsp3) is 0.273. The van der Waals surface area contributed by atoms with Gasteiger partial charge >= 0.3 is 0 Å². The smallest absolute Gasteiger partial charge is 0.244 e. The van der Waals surface area contributed by atoms with Gasteiger partial charge in [0.05, 0.1) is 0 Å². The van der Waals surface area contributed by atoms with E-state index < -0.39 is 0 Å². The van der Waals surface area contributed by atoms with E-state index >= 15 is 0 Å². The van der Waals surface area contributed by atoms with Gasteiger partial charge in [0.25, 0.3) is 0 Å². The molecule has 1 N–H and O–H groups in total. The van der Waals surface area contributed by atoms with Crippen LogP contribution in [0.4, 0.5) is 0 Å². The highest BCUT2D eigenvalue weighted by Crippen LogP contribution is 2.11. The van der Waals surface area contributed by atoms with Crippen molar-refractivity contribution in [3.63, 3.8) is 0 Å². The molecule has 0 saturated carbocycles. The molecule has 1 saturated heterocycles. The minimum absolute atomic E-state index is 0.0289. The SMILES string of the molecule is O=C1NCCC1N=Cc1cccc(Br)c1. The first-order chi connectivity index (χ1) is 7.25. The second-order valence-corrected chi connectivity index (χ2v) is 4.34. The molecule has 1 aliphatic heterocycles. The number of halogens is 1. The van der Waals surface area contributed by atoms with Gasteiger partial charge in [0.2, 0.25) is 5.91 Å². The van der Waals surface area contributed by atoms with Crippen molar-refractivity contribution in [2.45, 2.75) is 12.5 Å². The molecule has 1 aromatic rings. The molecule has 1 heterocycles. The highest BCUT2D eigenvalue weighted by Gasteiger charge is 2.21.